The number of thioether (sulfide) groups is 1. The van der Waals surface area contributed by atoms with E-state index in [4.69, 9.17) is 11.5 Å². The Balaban J connectivity index is 1.79. The molecule has 39 heavy (non-hydrogen) atoms. The Kier molecular flexibility index (Phi) is 11.6. The highest BCUT2D eigenvalue weighted by Crippen LogP contribution is 2.23. The van der Waals surface area contributed by atoms with Crippen molar-refractivity contribution in [3.8, 4) is 0 Å². The number of primary amides is 1. The molecule has 2 aromatic carbocycles. The number of carbonyl (C=O) groups excluding carboxylic acids is 3. The zero-order valence-corrected chi connectivity index (χ0v) is 23.2. The summed E-state index contributed by atoms with van der Waals surface area (Å²) < 4.78 is 0. The van der Waals surface area contributed by atoms with Crippen molar-refractivity contribution in [2.75, 3.05) is 31.6 Å². The van der Waals surface area contributed by atoms with Gasteiger partial charge in [-0.1, -0.05) is 42.5 Å². The molecule has 11 heteroatoms. The van der Waals surface area contributed by atoms with Gasteiger partial charge in [0.05, 0.1) is 12.6 Å². The molecule has 0 radical (unpaired) electrons. The van der Waals surface area contributed by atoms with Gasteiger partial charge < -0.3 is 26.8 Å². The van der Waals surface area contributed by atoms with Crippen LogP contribution in [-0.2, 0) is 25.7 Å². The summed E-state index contributed by atoms with van der Waals surface area (Å²) in [7, 11) is 0. The van der Waals surface area contributed by atoms with Crippen molar-refractivity contribution >= 4 is 46.2 Å². The molecular weight excluding hydrogens is 518 g/mol. The molecule has 6 N–H and O–H groups in total. The Labute approximate surface area is 233 Å². The molecule has 1 aliphatic rings. The number of hydrogen-bond donors (Lipinski definition) is 4. The van der Waals surface area contributed by atoms with E-state index < -0.39 is 24.0 Å². The summed E-state index contributed by atoms with van der Waals surface area (Å²) in [4.78, 5) is 52.8. The van der Waals surface area contributed by atoms with Gasteiger partial charge in [0, 0.05) is 32.1 Å². The quantitative estimate of drug-likeness (QED) is 0.257. The molecule has 1 unspecified atom stereocenters. The van der Waals surface area contributed by atoms with Gasteiger partial charge in [-0.15, -0.1) is 0 Å². The van der Waals surface area contributed by atoms with Gasteiger partial charge in [0.25, 0.3) is 0 Å². The van der Waals surface area contributed by atoms with Gasteiger partial charge in [-0.25, -0.2) is 4.79 Å². The first-order valence-corrected chi connectivity index (χ1v) is 14.6. The van der Waals surface area contributed by atoms with Crippen LogP contribution in [0.2, 0.25) is 0 Å². The standard InChI is InChI=1S/C28H39N5O5S/c1-39-15-13-24(28(37)38)31-26(35)18-32(16-20-8-4-7-19-6-2-3-10-22(19)20)17-21-9-5-14-33(21)27(36)23(29)11-12-25(30)34/h2-4,6-8,10,21,23-24H,5,9,11-18,29H2,1H3,(H2,30,34)(H,31,35)(H,37,38)/t21-,23-,24?/m0/s1. The van der Waals surface area contributed by atoms with E-state index in [1.165, 1.54) is 11.8 Å². The average molecular weight is 558 g/mol. The van der Waals surface area contributed by atoms with Gasteiger partial charge in [-0.2, -0.15) is 11.8 Å². The number of likely N-dealkylation sites (tertiary alicyclic amines) is 1. The van der Waals surface area contributed by atoms with Crippen molar-refractivity contribution in [1.82, 2.24) is 15.1 Å². The average Bonchev–Trinajstić information content (AvgIpc) is 3.37. The summed E-state index contributed by atoms with van der Waals surface area (Å²) in [6.45, 7) is 1.41. The Morgan fingerprint density at radius 2 is 1.90 bits per heavy atom. The van der Waals surface area contributed by atoms with E-state index in [-0.39, 0.29) is 37.2 Å². The molecular formula is C28H39N5O5S. The number of carboxylic acid groups (broad SMARTS) is 1. The molecule has 2 aromatic rings. The van der Waals surface area contributed by atoms with Gasteiger partial charge in [-0.3, -0.25) is 19.3 Å². The second kappa shape index (κ2) is 14.9. The van der Waals surface area contributed by atoms with Crippen molar-refractivity contribution in [1.29, 1.82) is 0 Å². The molecule has 0 spiro atoms. The molecule has 0 saturated carbocycles. The summed E-state index contributed by atoms with van der Waals surface area (Å²) >= 11 is 1.52. The maximum absolute atomic E-state index is 13.1. The Hall–Kier alpha value is -3.15. The third-order valence-corrected chi connectivity index (χ3v) is 7.68. The van der Waals surface area contributed by atoms with Crippen LogP contribution in [0.1, 0.15) is 37.7 Å². The lowest BCUT2D eigenvalue weighted by Crippen LogP contribution is -2.51. The van der Waals surface area contributed by atoms with Crippen LogP contribution in [0, 0.1) is 0 Å². The van der Waals surface area contributed by atoms with Crippen molar-refractivity contribution in [3.05, 3.63) is 48.0 Å². The first kappa shape index (κ1) is 30.4. The van der Waals surface area contributed by atoms with E-state index in [2.05, 4.69) is 5.32 Å². The molecule has 3 rings (SSSR count). The van der Waals surface area contributed by atoms with Crippen LogP contribution in [0.4, 0.5) is 0 Å². The highest BCUT2D eigenvalue weighted by Gasteiger charge is 2.33. The van der Waals surface area contributed by atoms with Crippen molar-refractivity contribution < 1.29 is 24.3 Å². The van der Waals surface area contributed by atoms with Gasteiger partial charge >= 0.3 is 5.97 Å². The van der Waals surface area contributed by atoms with Crippen molar-refractivity contribution in [3.63, 3.8) is 0 Å². The third-order valence-electron chi connectivity index (χ3n) is 7.03. The lowest BCUT2D eigenvalue weighted by Gasteiger charge is -2.32. The maximum atomic E-state index is 13.1. The molecule has 0 bridgehead atoms. The fourth-order valence-corrected chi connectivity index (χ4v) is 5.51. The lowest BCUT2D eigenvalue weighted by molar-refractivity contribution is -0.142. The van der Waals surface area contributed by atoms with Crippen LogP contribution in [0.3, 0.4) is 0 Å². The molecule has 1 aliphatic heterocycles. The topological polar surface area (TPSA) is 159 Å². The number of nitrogens with two attached hydrogens (primary N) is 2. The van der Waals surface area contributed by atoms with Crippen LogP contribution in [0.25, 0.3) is 10.8 Å². The zero-order chi connectivity index (χ0) is 28.4. The van der Waals surface area contributed by atoms with E-state index in [0.29, 0.717) is 31.8 Å². The van der Waals surface area contributed by atoms with E-state index in [9.17, 15) is 24.3 Å². The zero-order valence-electron chi connectivity index (χ0n) is 22.4. The number of nitrogens with one attached hydrogen (secondary N) is 1. The first-order chi connectivity index (χ1) is 18.7. The molecule has 1 fully saturated rings. The molecule has 0 aromatic heterocycles. The lowest BCUT2D eigenvalue weighted by atomic mass is 10.0. The normalized spacial score (nSPS) is 16.8. The van der Waals surface area contributed by atoms with Crippen LogP contribution < -0.4 is 16.8 Å². The largest absolute Gasteiger partial charge is 0.480 e. The van der Waals surface area contributed by atoms with Crippen molar-refractivity contribution in [2.45, 2.75) is 56.8 Å². The summed E-state index contributed by atoms with van der Waals surface area (Å²) in [5.41, 5.74) is 12.4. The Morgan fingerprint density at radius 3 is 2.62 bits per heavy atom. The summed E-state index contributed by atoms with van der Waals surface area (Å²) in [5, 5.41) is 14.4. The predicted octanol–water partition coefficient (Wildman–Crippen LogP) is 1.55. The van der Waals surface area contributed by atoms with Crippen LogP contribution in [0.15, 0.2) is 42.5 Å². The van der Waals surface area contributed by atoms with E-state index in [1.54, 1.807) is 4.90 Å². The minimum Gasteiger partial charge on any atom is -0.480 e. The Bertz CT molecular complexity index is 1160. The molecule has 1 heterocycles. The number of fused-ring (bicyclic) bond motifs is 1. The first-order valence-electron chi connectivity index (χ1n) is 13.2. The fourth-order valence-electron chi connectivity index (χ4n) is 5.04. The molecule has 0 aliphatic carbocycles. The minimum atomic E-state index is -1.06. The number of nitrogens with zero attached hydrogens (tertiary/aromatic N) is 2. The van der Waals surface area contributed by atoms with Gasteiger partial charge in [0.2, 0.25) is 17.7 Å². The highest BCUT2D eigenvalue weighted by atomic mass is 32.2. The predicted molar refractivity (Wildman–Crippen MR) is 153 cm³/mol. The number of amides is 3. The van der Waals surface area contributed by atoms with E-state index in [0.717, 1.165) is 29.2 Å². The smallest absolute Gasteiger partial charge is 0.326 e. The highest BCUT2D eigenvalue weighted by molar-refractivity contribution is 7.98. The molecule has 1 saturated heterocycles. The Morgan fingerprint density at radius 1 is 1.15 bits per heavy atom. The number of benzene rings is 2. The maximum Gasteiger partial charge on any atom is 0.326 e. The second-order valence-corrected chi connectivity index (χ2v) is 11.0. The van der Waals surface area contributed by atoms with Gasteiger partial charge in [0.1, 0.15) is 6.04 Å². The SMILES string of the molecule is CSCCC(NC(=O)CN(Cc1cccc2ccccc12)C[C@@H]1CCCN1C(=O)[C@@H](N)CCC(N)=O)C(=O)O. The molecule has 10 nitrogen and oxygen atoms in total. The number of hydrogen-bond acceptors (Lipinski definition) is 7. The number of carbonyl (C=O) groups is 4. The van der Waals surface area contributed by atoms with Crippen molar-refractivity contribution in [2.24, 2.45) is 11.5 Å². The summed E-state index contributed by atoms with van der Waals surface area (Å²) in [6.07, 6.45) is 4.02. The van der Waals surface area contributed by atoms with E-state index in [1.807, 2.05) is 53.6 Å². The van der Waals surface area contributed by atoms with Gasteiger partial charge in [0.15, 0.2) is 0 Å². The second-order valence-electron chi connectivity index (χ2n) is 9.99. The third kappa shape index (κ3) is 8.94. The number of carboxylic acids is 1. The summed E-state index contributed by atoms with van der Waals surface area (Å²) in [5.74, 6) is -1.54. The summed E-state index contributed by atoms with van der Waals surface area (Å²) in [6, 6.07) is 12.1. The van der Waals surface area contributed by atoms with Crippen LogP contribution >= 0.6 is 11.8 Å². The van der Waals surface area contributed by atoms with E-state index >= 15 is 0 Å². The number of rotatable bonds is 15. The molecule has 3 atom stereocenters. The number of aliphatic carboxylic acids is 1. The minimum absolute atomic E-state index is 0.0153. The van der Waals surface area contributed by atoms with Crippen LogP contribution in [0.5, 0.6) is 0 Å². The van der Waals surface area contributed by atoms with Gasteiger partial charge in [-0.05, 0) is 54.0 Å². The monoisotopic (exact) mass is 557 g/mol. The molecule has 3 amide bonds. The molecule has 212 valence electrons. The van der Waals surface area contributed by atoms with Crippen LogP contribution in [-0.4, -0.2) is 88.4 Å². The fraction of sp³-hybridized carbons (Fsp3) is 0.500.